The van der Waals surface area contributed by atoms with Crippen molar-refractivity contribution in [1.29, 1.82) is 0 Å². The van der Waals surface area contributed by atoms with Crippen molar-refractivity contribution >= 4 is 68.2 Å². The molecule has 0 unspecified atom stereocenters. The average Bonchev–Trinajstić information content (AvgIpc) is 3.38. The summed E-state index contributed by atoms with van der Waals surface area (Å²) in [5, 5.41) is 0. The summed E-state index contributed by atoms with van der Waals surface area (Å²) in [6.07, 6.45) is 0. The van der Waals surface area contributed by atoms with Gasteiger partial charge in [-0.15, -0.1) is 0 Å². The number of hydrogen-bond acceptors (Lipinski definition) is 4. The number of nitrogens with zero attached hydrogens (tertiary/aromatic N) is 4. The lowest BCUT2D eigenvalue weighted by Gasteiger charge is -2.30. The molecule has 72 heavy (non-hydrogen) atoms. The topological polar surface area (TPSA) is 13.0 Å². The molecule has 0 N–H and O–H groups in total. The van der Waals surface area contributed by atoms with E-state index < -0.39 is 0 Å². The number of para-hydroxylation sites is 2. The Bertz CT molecular complexity index is 3130. The molecule has 0 saturated heterocycles. The molecule has 10 rings (SSSR count). The Kier molecular flexibility index (Phi) is 13.3. The molecule has 354 valence electrons. The molecule has 0 aromatic heterocycles. The van der Waals surface area contributed by atoms with Crippen LogP contribution in [-0.2, 0) is 0 Å². The predicted molar refractivity (Wildman–Crippen MR) is 309 cm³/mol. The van der Waals surface area contributed by atoms with Gasteiger partial charge in [-0.2, -0.15) is 0 Å². The Morgan fingerprint density at radius 1 is 0.194 bits per heavy atom. The number of aryl methyl sites for hydroxylation is 8. The van der Waals surface area contributed by atoms with E-state index in [4.69, 9.17) is 0 Å². The maximum absolute atomic E-state index is 2.39. The molecule has 0 saturated carbocycles. The summed E-state index contributed by atoms with van der Waals surface area (Å²) in [6, 6.07) is 84.0. The molecule has 0 bridgehead atoms. The van der Waals surface area contributed by atoms with Crippen molar-refractivity contribution in [2.24, 2.45) is 0 Å². The number of rotatable bonds is 13. The highest BCUT2D eigenvalue weighted by atomic mass is 15.2. The Hall–Kier alpha value is -8.60. The first-order valence-electron chi connectivity index (χ1n) is 25.0. The fourth-order valence-corrected chi connectivity index (χ4v) is 10.2. The van der Waals surface area contributed by atoms with Crippen molar-refractivity contribution in [2.75, 3.05) is 19.6 Å². The van der Waals surface area contributed by atoms with E-state index in [2.05, 4.69) is 306 Å². The van der Waals surface area contributed by atoms with Gasteiger partial charge < -0.3 is 19.6 Å². The van der Waals surface area contributed by atoms with Gasteiger partial charge in [-0.25, -0.2) is 0 Å². The van der Waals surface area contributed by atoms with Crippen LogP contribution in [0, 0.1) is 55.4 Å². The first kappa shape index (κ1) is 47.1. The van der Waals surface area contributed by atoms with Crippen LogP contribution >= 0.6 is 0 Å². The van der Waals surface area contributed by atoms with Crippen molar-refractivity contribution in [2.45, 2.75) is 55.4 Å². The van der Waals surface area contributed by atoms with E-state index in [9.17, 15) is 0 Å². The predicted octanol–water partition coefficient (Wildman–Crippen LogP) is 19.7. The van der Waals surface area contributed by atoms with Gasteiger partial charge in [-0.1, -0.05) is 131 Å². The highest BCUT2D eigenvalue weighted by molar-refractivity contribution is 5.86. The highest BCUT2D eigenvalue weighted by Crippen LogP contribution is 2.44. The molecule has 0 aliphatic rings. The van der Waals surface area contributed by atoms with Crippen LogP contribution in [0.3, 0.4) is 0 Å². The first-order chi connectivity index (χ1) is 35.0. The molecule has 0 amide bonds. The van der Waals surface area contributed by atoms with Gasteiger partial charge in [0.1, 0.15) is 0 Å². The first-order valence-corrected chi connectivity index (χ1v) is 25.0. The van der Waals surface area contributed by atoms with Crippen molar-refractivity contribution < 1.29 is 0 Å². The minimum atomic E-state index is 1.08. The van der Waals surface area contributed by atoms with Gasteiger partial charge in [0, 0.05) is 68.2 Å². The third kappa shape index (κ3) is 9.77. The summed E-state index contributed by atoms with van der Waals surface area (Å²) < 4.78 is 0. The monoisotopic (exact) mass is 934 g/mol. The second kappa shape index (κ2) is 20.4. The zero-order valence-corrected chi connectivity index (χ0v) is 42.7. The van der Waals surface area contributed by atoms with E-state index in [1.54, 1.807) is 0 Å². The summed E-state index contributed by atoms with van der Waals surface area (Å²) in [7, 11) is 0. The maximum atomic E-state index is 2.39. The van der Waals surface area contributed by atoms with Crippen molar-refractivity contribution in [3.63, 3.8) is 0 Å². The second-order valence-electron chi connectivity index (χ2n) is 19.3. The van der Waals surface area contributed by atoms with Crippen molar-refractivity contribution in [3.8, 4) is 11.1 Å². The number of hydrogen-bond donors (Lipinski definition) is 0. The van der Waals surface area contributed by atoms with Gasteiger partial charge in [-0.3, -0.25) is 0 Å². The lowest BCUT2D eigenvalue weighted by Crippen LogP contribution is -2.14. The SMILES string of the molecule is Cc1ccc(N(c2ccc(N(c3ccccc3)c3ccc(-c4ccc(N(c5ccccc5)c5ccc(N(c6ccc(C)cc6C)c6ccc(C)cc6C)cc5)cc4)cc3)cc2)c2ccc(C)cc2C)c(C)c1. The molecule has 0 atom stereocenters. The van der Waals surface area contributed by atoms with Gasteiger partial charge in [-0.05, 0) is 210 Å². The quantitative estimate of drug-likeness (QED) is 0.114. The number of anilines is 12. The van der Waals surface area contributed by atoms with Crippen LogP contribution in [0.4, 0.5) is 68.2 Å². The van der Waals surface area contributed by atoms with Gasteiger partial charge in [0.15, 0.2) is 0 Å². The Balaban J connectivity index is 0.948. The van der Waals surface area contributed by atoms with E-state index in [0.29, 0.717) is 0 Å². The third-order valence-electron chi connectivity index (χ3n) is 13.7. The third-order valence-corrected chi connectivity index (χ3v) is 13.7. The fourth-order valence-electron chi connectivity index (χ4n) is 10.2. The molecule has 0 spiro atoms. The lowest BCUT2D eigenvalue weighted by molar-refractivity contribution is 1.20. The van der Waals surface area contributed by atoms with E-state index in [1.807, 2.05) is 0 Å². The molecular formula is C68H62N4. The average molecular weight is 935 g/mol. The lowest BCUT2D eigenvalue weighted by atomic mass is 10.0. The molecule has 0 aliphatic heterocycles. The Morgan fingerprint density at radius 3 is 0.639 bits per heavy atom. The largest absolute Gasteiger partial charge is 0.311 e. The van der Waals surface area contributed by atoms with Gasteiger partial charge in [0.2, 0.25) is 0 Å². The van der Waals surface area contributed by atoms with Crippen molar-refractivity contribution in [3.05, 3.63) is 275 Å². The van der Waals surface area contributed by atoms with Crippen LogP contribution in [0.1, 0.15) is 44.5 Å². The summed E-state index contributed by atoms with van der Waals surface area (Å²) in [4.78, 5) is 9.46. The Labute approximate surface area is 427 Å². The summed E-state index contributed by atoms with van der Waals surface area (Å²) in [5.41, 5.74) is 25.8. The van der Waals surface area contributed by atoms with Crippen LogP contribution in [0.25, 0.3) is 11.1 Å². The summed E-state index contributed by atoms with van der Waals surface area (Å²) >= 11 is 0. The molecule has 4 heteroatoms. The molecule has 0 radical (unpaired) electrons. The zero-order valence-electron chi connectivity index (χ0n) is 42.7. The Morgan fingerprint density at radius 2 is 0.403 bits per heavy atom. The van der Waals surface area contributed by atoms with E-state index >= 15 is 0 Å². The van der Waals surface area contributed by atoms with Gasteiger partial charge in [0.25, 0.3) is 0 Å². The molecule has 4 nitrogen and oxygen atoms in total. The van der Waals surface area contributed by atoms with Crippen molar-refractivity contribution in [1.82, 2.24) is 0 Å². The number of benzene rings is 10. The van der Waals surface area contributed by atoms with Crippen LogP contribution in [-0.4, -0.2) is 0 Å². The summed E-state index contributed by atoms with van der Waals surface area (Å²) in [6.45, 7) is 17.4. The zero-order chi connectivity index (χ0) is 49.9. The molecule has 0 fully saturated rings. The fraction of sp³-hybridized carbons (Fsp3) is 0.118. The van der Waals surface area contributed by atoms with Crippen LogP contribution < -0.4 is 19.6 Å². The molecular weight excluding hydrogens is 873 g/mol. The molecule has 10 aromatic carbocycles. The normalized spacial score (nSPS) is 11.1. The standard InChI is InChI=1S/C68H62N4/c1-47-19-39-65(51(5)43-47)71(66-40-20-48(2)44-52(66)6)63-35-31-61(32-36-63)69(57-15-11-9-12-16-57)59-27-23-55(24-28-59)56-25-29-60(30-26-56)70(58-17-13-10-14-18-58)62-33-37-64(38-34-62)72(67-41-21-49(3)45-53(67)7)68-42-22-50(4)46-54(68)8/h9-46H,1-8H3. The minimum absolute atomic E-state index is 1.08. The maximum Gasteiger partial charge on any atom is 0.0491 e. The van der Waals surface area contributed by atoms with E-state index in [1.165, 1.54) is 67.3 Å². The summed E-state index contributed by atoms with van der Waals surface area (Å²) in [5.74, 6) is 0. The second-order valence-corrected chi connectivity index (χ2v) is 19.3. The molecule has 0 heterocycles. The van der Waals surface area contributed by atoms with Crippen LogP contribution in [0.2, 0.25) is 0 Å². The van der Waals surface area contributed by atoms with E-state index in [-0.39, 0.29) is 0 Å². The molecule has 10 aromatic rings. The van der Waals surface area contributed by atoms with Crippen LogP contribution in [0.5, 0.6) is 0 Å². The van der Waals surface area contributed by atoms with E-state index in [0.717, 1.165) is 56.6 Å². The van der Waals surface area contributed by atoms with Gasteiger partial charge >= 0.3 is 0 Å². The smallest absolute Gasteiger partial charge is 0.0491 e. The van der Waals surface area contributed by atoms with Gasteiger partial charge in [0.05, 0.1) is 0 Å². The highest BCUT2D eigenvalue weighted by Gasteiger charge is 2.21. The molecule has 0 aliphatic carbocycles. The van der Waals surface area contributed by atoms with Crippen LogP contribution in [0.15, 0.2) is 231 Å². The minimum Gasteiger partial charge on any atom is -0.311 e.